The first-order valence-electron chi connectivity index (χ1n) is 10.7. The number of hydrogen-bond acceptors (Lipinski definition) is 4. The second kappa shape index (κ2) is 19.0. The Hall–Kier alpha value is -0.125. The number of rotatable bonds is 3. The van der Waals surface area contributed by atoms with E-state index in [0.717, 1.165) is 11.3 Å². The van der Waals surface area contributed by atoms with Crippen LogP contribution in [0.15, 0.2) is 53.7 Å². The normalized spacial score (nSPS) is 9.09. The van der Waals surface area contributed by atoms with Gasteiger partial charge >= 0.3 is 58.2 Å². The number of halogens is 2. The van der Waals surface area contributed by atoms with Crippen LogP contribution in [0.4, 0.5) is 5.82 Å². The van der Waals surface area contributed by atoms with E-state index < -0.39 is 0 Å². The number of nitrogens with one attached hydrogen (secondary N) is 1. The molecule has 5 nitrogen and oxygen atoms in total. The number of aromatic nitrogens is 4. The number of benzene rings is 2. The van der Waals surface area contributed by atoms with Crippen LogP contribution in [-0.2, 0) is 0 Å². The number of nitrogens with zero attached hydrogens (tertiary/aromatic N) is 4. The van der Waals surface area contributed by atoms with Crippen LogP contribution in [-0.4, -0.2) is 25.8 Å². The Kier molecular flexibility index (Phi) is 20.2. The molecule has 0 aliphatic rings. The molecule has 1 N–H and O–H groups in total. The van der Waals surface area contributed by atoms with Crippen LogP contribution in [0, 0.1) is 0 Å². The van der Waals surface area contributed by atoms with Crippen LogP contribution in [0.5, 0.6) is 0 Å². The minimum absolute atomic E-state index is 0. The molecule has 0 bridgehead atoms. The van der Waals surface area contributed by atoms with E-state index >= 15 is 0 Å². The molecule has 0 saturated heterocycles. The Morgan fingerprint density at radius 2 is 1.38 bits per heavy atom. The van der Waals surface area contributed by atoms with Gasteiger partial charge in [-0.25, -0.2) is 9.97 Å². The zero-order valence-corrected chi connectivity index (χ0v) is 29.3. The summed E-state index contributed by atoms with van der Waals surface area (Å²) in [5.74, 6) is 0.689. The van der Waals surface area contributed by atoms with Crippen LogP contribution < -0.4 is 58.2 Å². The zero-order valence-electron chi connectivity index (χ0n) is 21.1. The smallest absolute Gasteiger partial charge is 0.480 e. The van der Waals surface area contributed by atoms with Crippen molar-refractivity contribution in [3.8, 4) is 17.1 Å². The van der Waals surface area contributed by atoms with Gasteiger partial charge in [-0.15, -0.1) is 11.8 Å². The molecule has 0 spiro atoms. The van der Waals surface area contributed by atoms with Gasteiger partial charge in [-0.05, 0) is 48.5 Å². The van der Waals surface area contributed by atoms with Crippen molar-refractivity contribution in [1.29, 1.82) is 0 Å². The van der Waals surface area contributed by atoms with Crippen molar-refractivity contribution >= 4 is 65.4 Å². The minimum Gasteiger partial charge on any atom is -0.480 e. The number of hydrogen-bond donors (Lipinski definition) is 0. The van der Waals surface area contributed by atoms with E-state index in [1.807, 2.05) is 88.8 Å². The molecule has 10 heteroatoms. The largest absolute Gasteiger partial charge is 1.00 e. The molecular formula is C24H32Cl2N5RbS2. The summed E-state index contributed by atoms with van der Waals surface area (Å²) in [6.07, 6.45) is 1.87. The average molecular weight is 611 g/mol. The topological polar surface area (TPSA) is 67.4 Å². The van der Waals surface area contributed by atoms with E-state index in [1.165, 1.54) is 11.8 Å². The van der Waals surface area contributed by atoms with E-state index in [2.05, 4.69) is 15.0 Å². The van der Waals surface area contributed by atoms with E-state index in [-0.39, 0.29) is 77.5 Å². The SMILES string of the molecule is CC.CC.CC.CSc1nc([NH-])c2nc(-c3ccccc3Cl)n(-c3ccc(Cl)cc3)c2n1.S.[Rb+]. The molecule has 0 atom stereocenters. The summed E-state index contributed by atoms with van der Waals surface area (Å²) in [6, 6.07) is 14.8. The Bertz CT molecular complexity index is 1120. The molecule has 0 radical (unpaired) electrons. The first-order valence-corrected chi connectivity index (χ1v) is 12.6. The van der Waals surface area contributed by atoms with Crippen molar-refractivity contribution in [1.82, 2.24) is 19.5 Å². The molecule has 180 valence electrons. The van der Waals surface area contributed by atoms with Crippen molar-refractivity contribution < 1.29 is 58.2 Å². The van der Waals surface area contributed by atoms with Gasteiger partial charge in [0, 0.05) is 16.3 Å². The molecule has 0 fully saturated rings. The third-order valence-corrected chi connectivity index (χ3v) is 5.00. The van der Waals surface area contributed by atoms with E-state index in [9.17, 15) is 0 Å². The van der Waals surface area contributed by atoms with Crippen molar-refractivity contribution in [2.24, 2.45) is 0 Å². The van der Waals surface area contributed by atoms with E-state index in [0.29, 0.717) is 32.2 Å². The summed E-state index contributed by atoms with van der Waals surface area (Å²) in [7, 11) is 0. The van der Waals surface area contributed by atoms with Crippen LogP contribution in [0.25, 0.3) is 34.0 Å². The van der Waals surface area contributed by atoms with Crippen molar-refractivity contribution in [3.05, 3.63) is 64.3 Å². The molecule has 0 aliphatic carbocycles. The predicted octanol–water partition coefficient (Wildman–Crippen LogP) is 6.39. The fraction of sp³-hybridized carbons (Fsp3) is 0.292. The van der Waals surface area contributed by atoms with Crippen molar-refractivity contribution in [2.75, 3.05) is 6.26 Å². The molecule has 2 aromatic carbocycles. The van der Waals surface area contributed by atoms with Gasteiger partial charge in [-0.1, -0.05) is 76.9 Å². The number of thioether (sulfide) groups is 1. The maximum absolute atomic E-state index is 8.24. The molecule has 4 rings (SSSR count). The molecule has 0 amide bonds. The molecule has 4 aromatic rings. The Morgan fingerprint density at radius 1 is 0.824 bits per heavy atom. The van der Waals surface area contributed by atoms with Crippen LogP contribution in [0.1, 0.15) is 41.5 Å². The fourth-order valence-electron chi connectivity index (χ4n) is 2.69. The molecular weight excluding hydrogens is 579 g/mol. The molecule has 0 unspecified atom stereocenters. The Labute approximate surface area is 273 Å². The summed E-state index contributed by atoms with van der Waals surface area (Å²) in [4.78, 5) is 13.4. The van der Waals surface area contributed by atoms with Gasteiger partial charge in [0.25, 0.3) is 0 Å². The van der Waals surface area contributed by atoms with E-state index in [1.54, 1.807) is 12.1 Å². The maximum atomic E-state index is 8.24. The van der Waals surface area contributed by atoms with Gasteiger partial charge in [0.1, 0.15) is 11.3 Å². The Balaban J connectivity index is 0. The van der Waals surface area contributed by atoms with Crippen molar-refractivity contribution in [2.45, 2.75) is 46.7 Å². The summed E-state index contributed by atoms with van der Waals surface area (Å²) >= 11 is 13.8. The van der Waals surface area contributed by atoms with Crippen molar-refractivity contribution in [3.63, 3.8) is 0 Å². The standard InChI is InChI=1S/C18H12Cl2N5S.3C2H6.Rb.H2S/c1-26-18-23-15(21)14-17(24-18)25(11-8-6-10(19)7-9-11)16(22-14)12-4-2-3-5-13(12)20;3*1-2;;/h2-9H,1H3,(H-,21,23,24);3*1-2H3;;1H2/q-1;;;;+1;. The van der Waals surface area contributed by atoms with Gasteiger partial charge < -0.3 is 10.7 Å². The number of fused-ring (bicyclic) bond motifs is 1. The first-order chi connectivity index (χ1) is 15.6. The maximum Gasteiger partial charge on any atom is 1.00 e. The molecule has 0 saturated carbocycles. The zero-order chi connectivity index (χ0) is 24.3. The summed E-state index contributed by atoms with van der Waals surface area (Å²) in [5.41, 5.74) is 10.8. The van der Waals surface area contributed by atoms with Crippen LogP contribution >= 0.6 is 48.5 Å². The molecule has 34 heavy (non-hydrogen) atoms. The monoisotopic (exact) mass is 609 g/mol. The summed E-state index contributed by atoms with van der Waals surface area (Å²) in [6.45, 7) is 12.0. The van der Waals surface area contributed by atoms with Gasteiger partial charge in [0.15, 0.2) is 5.65 Å². The van der Waals surface area contributed by atoms with Gasteiger partial charge in [-0.3, -0.25) is 4.57 Å². The third kappa shape index (κ3) is 8.77. The first kappa shape index (κ1) is 36.0. The molecule has 2 aromatic heterocycles. The summed E-state index contributed by atoms with van der Waals surface area (Å²) in [5, 5.41) is 1.73. The second-order valence-corrected chi connectivity index (χ2v) is 7.08. The fourth-order valence-corrected chi connectivity index (χ4v) is 3.39. The van der Waals surface area contributed by atoms with Gasteiger partial charge in [0.05, 0.1) is 10.2 Å². The molecule has 0 aliphatic heterocycles. The predicted molar refractivity (Wildman–Crippen MR) is 152 cm³/mol. The minimum atomic E-state index is 0. The summed E-state index contributed by atoms with van der Waals surface area (Å²) < 4.78 is 1.88. The van der Waals surface area contributed by atoms with E-state index in [4.69, 9.17) is 28.9 Å². The van der Waals surface area contributed by atoms with Gasteiger partial charge in [0.2, 0.25) is 0 Å². The van der Waals surface area contributed by atoms with Crippen LogP contribution in [0.2, 0.25) is 10.0 Å². The van der Waals surface area contributed by atoms with Gasteiger partial charge in [-0.2, -0.15) is 13.5 Å². The molecule has 2 heterocycles. The Morgan fingerprint density at radius 3 is 1.91 bits per heavy atom. The van der Waals surface area contributed by atoms with Crippen LogP contribution in [0.3, 0.4) is 0 Å². The second-order valence-electron chi connectivity index (χ2n) is 5.46. The average Bonchev–Trinajstić information content (AvgIpc) is 3.23. The quantitative estimate of drug-likeness (QED) is 0.199. The number of imidazole rings is 1. The third-order valence-electron chi connectivity index (χ3n) is 3.87.